The Morgan fingerprint density at radius 1 is 0.484 bits per heavy atom. The van der Waals surface area contributed by atoms with Crippen LogP contribution in [0.2, 0.25) is 0 Å². The molecule has 0 radical (unpaired) electrons. The smallest absolute Gasteiger partial charge is 0 e. The van der Waals surface area contributed by atoms with Crippen molar-refractivity contribution < 1.29 is 20.4 Å². The van der Waals surface area contributed by atoms with E-state index < -0.39 is 0 Å². The Hall–Kier alpha value is -1.60. The second kappa shape index (κ2) is 15.2. The van der Waals surface area contributed by atoms with Gasteiger partial charge in [-0.05, 0) is 39.6 Å². The fourth-order valence-electron chi connectivity index (χ4n) is 3.03. The van der Waals surface area contributed by atoms with Crippen LogP contribution in [-0.2, 0) is 26.8 Å². The van der Waals surface area contributed by atoms with Gasteiger partial charge in [0, 0.05) is 20.4 Å². The molecule has 0 saturated heterocycles. The fraction of sp³-hybridized carbons (Fsp3) is 0.143. The number of rotatable bonds is 7. The molecule has 0 N–H and O–H groups in total. The van der Waals surface area contributed by atoms with E-state index in [9.17, 15) is 0 Å². The SMILES string of the molecule is CCCCc1ccc(Pc2ccccc2)cc1.[Pd].c1ccc(Pc2ccccc2)cc1. The Balaban J connectivity index is 0.000000220. The van der Waals surface area contributed by atoms with E-state index in [1.165, 1.54) is 46.0 Å². The summed E-state index contributed by atoms with van der Waals surface area (Å²) in [5.41, 5.74) is 1.47. The quantitative estimate of drug-likeness (QED) is 0.202. The molecule has 0 aliphatic carbocycles. The summed E-state index contributed by atoms with van der Waals surface area (Å²) in [4.78, 5) is 0. The van der Waals surface area contributed by atoms with E-state index in [-0.39, 0.29) is 20.4 Å². The number of benzene rings is 4. The number of unbranched alkanes of at least 4 members (excludes halogenated alkanes) is 1. The normalized spacial score (nSPS) is 10.2. The molecule has 4 rings (SSSR count). The monoisotopic (exact) mass is 534 g/mol. The molecule has 1 unspecified atom stereocenters. The predicted molar refractivity (Wildman–Crippen MR) is 140 cm³/mol. The molecule has 0 bridgehead atoms. The molecule has 0 saturated carbocycles. The molecule has 0 aliphatic heterocycles. The van der Waals surface area contributed by atoms with Gasteiger partial charge in [-0.3, -0.25) is 0 Å². The molecule has 0 fully saturated rings. The summed E-state index contributed by atoms with van der Waals surface area (Å²) >= 11 is 0. The van der Waals surface area contributed by atoms with E-state index in [4.69, 9.17) is 0 Å². The van der Waals surface area contributed by atoms with E-state index in [1.807, 2.05) is 0 Å². The first kappa shape index (κ1) is 25.7. The molecule has 4 aromatic carbocycles. The standard InChI is InChI=1S/C16H19P.C12H11P.Pd/c1-2-3-7-14-10-12-16(13-11-14)17-15-8-5-4-6-9-15;1-3-7-11(8-4-1)13-12-9-5-2-6-10-12;/h4-6,8-13,17H,2-3,7H2,1H3;1-10,13H;. The minimum atomic E-state index is 0. The predicted octanol–water partition coefficient (Wildman–Crippen LogP) is 5.97. The Morgan fingerprint density at radius 3 is 1.19 bits per heavy atom. The third kappa shape index (κ3) is 10.0. The van der Waals surface area contributed by atoms with Crippen LogP contribution in [0.15, 0.2) is 115 Å². The number of hydrogen-bond donors (Lipinski definition) is 0. The van der Waals surface area contributed by atoms with Crippen molar-refractivity contribution in [1.82, 2.24) is 0 Å². The van der Waals surface area contributed by atoms with Crippen molar-refractivity contribution in [3.05, 3.63) is 121 Å². The van der Waals surface area contributed by atoms with Gasteiger partial charge in [0.15, 0.2) is 0 Å². The van der Waals surface area contributed by atoms with Gasteiger partial charge in [-0.1, -0.05) is 146 Å². The maximum atomic E-state index is 2.28. The molecule has 162 valence electrons. The molecule has 0 amide bonds. The zero-order chi connectivity index (χ0) is 20.9. The van der Waals surface area contributed by atoms with Crippen molar-refractivity contribution in [3.63, 3.8) is 0 Å². The van der Waals surface area contributed by atoms with E-state index in [1.54, 1.807) is 0 Å². The third-order valence-corrected chi connectivity index (χ3v) is 7.16. The van der Waals surface area contributed by atoms with Crippen molar-refractivity contribution in [1.29, 1.82) is 0 Å². The first-order valence-corrected chi connectivity index (χ1v) is 12.6. The zero-order valence-corrected chi connectivity index (χ0v) is 21.5. The average molecular weight is 535 g/mol. The number of hydrogen-bond acceptors (Lipinski definition) is 0. The van der Waals surface area contributed by atoms with Gasteiger partial charge in [0.05, 0.1) is 0 Å². The van der Waals surface area contributed by atoms with Gasteiger partial charge in [0.2, 0.25) is 0 Å². The first-order chi connectivity index (χ1) is 14.8. The summed E-state index contributed by atoms with van der Waals surface area (Å²) in [5, 5.41) is 5.63. The molecular weight excluding hydrogens is 505 g/mol. The van der Waals surface area contributed by atoms with Crippen molar-refractivity contribution in [3.8, 4) is 0 Å². The van der Waals surface area contributed by atoms with Gasteiger partial charge < -0.3 is 0 Å². The van der Waals surface area contributed by atoms with Crippen LogP contribution in [0.4, 0.5) is 0 Å². The van der Waals surface area contributed by atoms with E-state index in [0.717, 1.165) is 17.2 Å². The molecule has 0 nitrogen and oxygen atoms in total. The third-order valence-electron chi connectivity index (χ3n) is 4.67. The van der Waals surface area contributed by atoms with Gasteiger partial charge in [-0.15, -0.1) is 0 Å². The maximum absolute atomic E-state index is 2.28. The van der Waals surface area contributed by atoms with E-state index in [2.05, 4.69) is 122 Å². The van der Waals surface area contributed by atoms with Crippen LogP contribution in [0.3, 0.4) is 0 Å². The Bertz CT molecular complexity index is 919. The van der Waals surface area contributed by atoms with Crippen LogP contribution in [0.1, 0.15) is 25.3 Å². The summed E-state index contributed by atoms with van der Waals surface area (Å²) < 4.78 is 0. The van der Waals surface area contributed by atoms with E-state index >= 15 is 0 Å². The summed E-state index contributed by atoms with van der Waals surface area (Å²) in [7, 11) is 1.55. The van der Waals surface area contributed by atoms with Crippen LogP contribution < -0.4 is 21.2 Å². The van der Waals surface area contributed by atoms with Crippen LogP contribution >= 0.6 is 17.2 Å². The van der Waals surface area contributed by atoms with Crippen molar-refractivity contribution >= 4 is 38.4 Å². The molecular formula is C28H30P2Pd. The fourth-order valence-corrected chi connectivity index (χ4v) is 5.11. The van der Waals surface area contributed by atoms with Crippen LogP contribution in [0.25, 0.3) is 0 Å². The van der Waals surface area contributed by atoms with Gasteiger partial charge >= 0.3 is 0 Å². The molecule has 0 spiro atoms. The molecule has 0 aliphatic rings. The number of aryl methyl sites for hydroxylation is 1. The molecule has 3 heteroatoms. The van der Waals surface area contributed by atoms with Crippen molar-refractivity contribution in [2.45, 2.75) is 26.2 Å². The van der Waals surface area contributed by atoms with Crippen LogP contribution in [-0.4, -0.2) is 0 Å². The zero-order valence-electron chi connectivity index (χ0n) is 17.9. The van der Waals surface area contributed by atoms with Gasteiger partial charge in [-0.25, -0.2) is 0 Å². The van der Waals surface area contributed by atoms with Gasteiger partial charge in [-0.2, -0.15) is 0 Å². The minimum absolute atomic E-state index is 0. The molecule has 31 heavy (non-hydrogen) atoms. The summed E-state index contributed by atoms with van der Waals surface area (Å²) in [6.07, 6.45) is 3.78. The van der Waals surface area contributed by atoms with E-state index in [0.29, 0.717) is 0 Å². The van der Waals surface area contributed by atoms with Crippen LogP contribution in [0, 0.1) is 0 Å². The Morgan fingerprint density at radius 2 is 0.839 bits per heavy atom. The molecule has 4 aromatic rings. The summed E-state index contributed by atoms with van der Waals surface area (Å²) in [6.45, 7) is 2.24. The largest absolute Gasteiger partial charge is 0.0654 e. The summed E-state index contributed by atoms with van der Waals surface area (Å²) in [6, 6.07) is 40.9. The Kier molecular flexibility index (Phi) is 12.6. The summed E-state index contributed by atoms with van der Waals surface area (Å²) in [5.74, 6) is 0. The second-order valence-corrected chi connectivity index (χ2v) is 9.96. The topological polar surface area (TPSA) is 0 Å². The minimum Gasteiger partial charge on any atom is -0.0654 e. The average Bonchev–Trinajstić information content (AvgIpc) is 2.81. The maximum Gasteiger partial charge on any atom is 0 e. The molecule has 0 aromatic heterocycles. The first-order valence-electron chi connectivity index (χ1n) is 10.6. The Labute approximate surface area is 205 Å². The second-order valence-electron chi connectivity index (χ2n) is 7.15. The molecule has 1 atom stereocenters. The van der Waals surface area contributed by atoms with Gasteiger partial charge in [0.1, 0.15) is 0 Å². The van der Waals surface area contributed by atoms with Crippen molar-refractivity contribution in [2.75, 3.05) is 0 Å². The van der Waals surface area contributed by atoms with Crippen LogP contribution in [0.5, 0.6) is 0 Å². The molecule has 0 heterocycles. The van der Waals surface area contributed by atoms with Gasteiger partial charge in [0.25, 0.3) is 0 Å². The van der Waals surface area contributed by atoms with Crippen molar-refractivity contribution in [2.24, 2.45) is 0 Å².